The fourth-order valence-corrected chi connectivity index (χ4v) is 10.7. The van der Waals surface area contributed by atoms with Gasteiger partial charge in [-0.3, -0.25) is 63.1 Å². The molecule has 44 nitrogen and oxygen atoms in total. The summed E-state index contributed by atoms with van der Waals surface area (Å²) in [5.74, 6) is 2.59. The number of barbiturate groups is 1. The minimum absolute atomic E-state index is 0. The third kappa shape index (κ3) is 30.4. The van der Waals surface area contributed by atoms with Crippen LogP contribution in [-0.2, 0) is 73.5 Å². The van der Waals surface area contributed by atoms with Crippen LogP contribution in [0.2, 0.25) is 0 Å². The Morgan fingerprint density at radius 3 is 1.24 bits per heavy atom. The van der Waals surface area contributed by atoms with E-state index in [0.717, 1.165) is 31.6 Å². The first-order valence-electron chi connectivity index (χ1n) is 39.2. The molecule has 46 heteroatoms. The molecule has 5 amide bonds. The van der Waals surface area contributed by atoms with E-state index in [9.17, 15) is 63.6 Å². The lowest BCUT2D eigenvalue weighted by molar-refractivity contribution is -0.191. The van der Waals surface area contributed by atoms with Gasteiger partial charge in [-0.1, -0.05) is 25.3 Å². The molecule has 9 N–H and O–H groups in total. The average Bonchev–Trinajstić information content (AvgIpc) is 1.68. The molecule has 17 rings (SSSR count). The number of hydrogen-bond acceptors (Lipinski definition) is 36. The molecule has 16 aromatic rings. The van der Waals surface area contributed by atoms with Gasteiger partial charge in [0.25, 0.3) is 33.7 Å². The summed E-state index contributed by atoms with van der Waals surface area (Å²) in [6, 6.07) is 47.6. The van der Waals surface area contributed by atoms with Crippen molar-refractivity contribution in [2.24, 2.45) is 35.2 Å². The molecule has 12 heterocycles. The monoisotopic (exact) mass is 1900 g/mol. The number of carbonyl (C=O) groups excluding carboxylic acids is 6. The predicted octanol–water partition coefficient (Wildman–Crippen LogP) is 9.24. The Morgan fingerprint density at radius 1 is 0.456 bits per heavy atom. The summed E-state index contributed by atoms with van der Waals surface area (Å²) >= 11 is 5.56. The highest BCUT2D eigenvalue weighted by Crippen LogP contribution is 2.32. The zero-order valence-corrected chi connectivity index (χ0v) is 74.5. The maximum Gasteiger partial charge on any atom is 0.373 e. The Bertz CT molecular complexity index is 7200. The van der Waals surface area contributed by atoms with Crippen LogP contribution in [0.5, 0.6) is 57.5 Å². The first-order valence-corrected chi connectivity index (χ1v) is 39.7. The van der Waals surface area contributed by atoms with E-state index in [4.69, 9.17) is 69.3 Å². The van der Waals surface area contributed by atoms with Crippen LogP contribution >= 0.6 is 24.0 Å². The molecular formula is C90H84Cl2N20O24. The highest BCUT2D eigenvalue weighted by Gasteiger charge is 2.33. The molecule has 1 fully saturated rings. The number of fused-ring (bicyclic) bond motifs is 3. The number of nitrogen functional groups attached to an aromatic ring is 1. The van der Waals surface area contributed by atoms with E-state index in [0.29, 0.717) is 117 Å². The van der Waals surface area contributed by atoms with Gasteiger partial charge in [0.1, 0.15) is 130 Å². The van der Waals surface area contributed by atoms with Gasteiger partial charge in [0.15, 0.2) is 16.7 Å². The molecule has 0 aliphatic carbocycles. The lowest BCUT2D eigenvalue weighted by Gasteiger charge is -2.26. The van der Waals surface area contributed by atoms with E-state index in [1.807, 2.05) is 24.3 Å². The van der Waals surface area contributed by atoms with Crippen LogP contribution in [0.3, 0.4) is 0 Å². The Morgan fingerprint density at radius 2 is 0.846 bits per heavy atom. The Labute approximate surface area is 779 Å². The number of hydrogen-bond donors (Lipinski definition) is 8. The zero-order valence-electron chi connectivity index (χ0n) is 73.0. The molecule has 1 saturated heterocycles. The van der Waals surface area contributed by atoms with Gasteiger partial charge in [-0.15, -0.1) is 24.0 Å². The summed E-state index contributed by atoms with van der Waals surface area (Å²) in [6.45, 7) is 8.66. The third-order valence-electron chi connectivity index (χ3n) is 17.6. The van der Waals surface area contributed by atoms with Gasteiger partial charge in [0, 0.05) is 116 Å². The normalized spacial score (nSPS) is 10.9. The SMILES string of the molecule is C=CCOc1ccc(CCl)nc1.C=CCOc1ccc(COc2ccc3oc(-c4ccc(=O)n(C)n4)nc3c2)nc1.CN1C(=O)CC(=O)N(C)C1=O.Cl.Cn1nc(-c2nc3cc(O)ccc3o2)ccc1=O.Cn1nc(-c2nc3cc(OCc4ccc(O)cn4)ccc3o2)ccc1=O.Cn1nc(C(=O)Nc2cc(O)ccc2O)ccc1=O.Cn1ncccc1=O.Nc1cc(O)ccc1O.O=C=O. The molecule has 0 spiro atoms. The number of rotatable bonds is 18. The number of alkyl halides is 1. The second-order valence-corrected chi connectivity index (χ2v) is 27.7. The molecule has 0 unspecified atom stereocenters. The highest BCUT2D eigenvalue weighted by molar-refractivity contribution is 6.17. The van der Waals surface area contributed by atoms with Gasteiger partial charge in [-0.2, -0.15) is 35.1 Å². The first kappa shape index (κ1) is 103. The minimum Gasteiger partial charge on any atom is -0.508 e. The van der Waals surface area contributed by atoms with E-state index in [-0.39, 0.29) is 111 Å². The van der Waals surface area contributed by atoms with Crippen LogP contribution < -0.4 is 57.8 Å². The number of benzene rings is 5. The van der Waals surface area contributed by atoms with Gasteiger partial charge in [0.05, 0.1) is 52.9 Å². The topological polar surface area (TPSA) is 596 Å². The number of aryl methyl sites for hydroxylation is 5. The second kappa shape index (κ2) is 50.0. The van der Waals surface area contributed by atoms with Crippen LogP contribution in [0.15, 0.2) is 275 Å². The van der Waals surface area contributed by atoms with E-state index in [2.05, 4.69) is 73.9 Å². The molecule has 0 saturated carbocycles. The Balaban J connectivity index is 0.000000196. The van der Waals surface area contributed by atoms with Gasteiger partial charge in [0.2, 0.25) is 29.5 Å². The summed E-state index contributed by atoms with van der Waals surface area (Å²) < 4.78 is 45.1. The maximum absolute atomic E-state index is 11.9. The molecule has 0 atom stereocenters. The van der Waals surface area contributed by atoms with Gasteiger partial charge in [-0.05, 0) is 127 Å². The van der Waals surface area contributed by atoms with Crippen LogP contribution in [0.25, 0.3) is 68.1 Å². The van der Waals surface area contributed by atoms with E-state index in [1.54, 1.807) is 138 Å². The largest absolute Gasteiger partial charge is 0.508 e. The Kier molecular flexibility index (Phi) is 37.9. The summed E-state index contributed by atoms with van der Waals surface area (Å²) in [7, 11) is 10.4. The van der Waals surface area contributed by atoms with Crippen LogP contribution in [0.1, 0.15) is 34.0 Å². The van der Waals surface area contributed by atoms with Crippen molar-refractivity contribution in [3.63, 3.8) is 0 Å². The van der Waals surface area contributed by atoms with E-state index >= 15 is 0 Å². The second-order valence-electron chi connectivity index (χ2n) is 27.4. The highest BCUT2D eigenvalue weighted by atomic mass is 35.5. The molecule has 1 aliphatic heterocycles. The number of nitrogens with zero attached hydrogens (tertiary/aromatic N) is 18. The number of anilines is 2. The number of amides is 5. The van der Waals surface area contributed by atoms with Gasteiger partial charge in [-0.25, -0.2) is 43.2 Å². The number of ether oxygens (including phenoxy) is 4. The van der Waals surface area contributed by atoms with Crippen molar-refractivity contribution in [2.75, 3.05) is 38.4 Å². The zero-order chi connectivity index (χ0) is 98.0. The summed E-state index contributed by atoms with van der Waals surface area (Å²) in [5.41, 5.74) is 11.7. The number of carbonyl (C=O) groups is 4. The van der Waals surface area contributed by atoms with Crippen molar-refractivity contribution in [1.82, 2.24) is 88.6 Å². The number of pyridine rings is 3. The van der Waals surface area contributed by atoms with E-state index in [1.165, 1.54) is 131 Å². The molecule has 1 aliphatic rings. The van der Waals surface area contributed by atoms with Crippen molar-refractivity contribution in [1.29, 1.82) is 0 Å². The fraction of sp³-hybridized carbons (Fsp3) is 0.144. The molecule has 0 bridgehead atoms. The smallest absolute Gasteiger partial charge is 0.373 e. The number of imide groups is 2. The van der Waals surface area contributed by atoms with Crippen LogP contribution in [-0.4, -0.2) is 176 Å². The molecular weight excluding hydrogens is 1820 g/mol. The minimum atomic E-state index is -0.600. The fourth-order valence-electron chi connectivity index (χ4n) is 10.6. The standard InChI is InChI=1S/C21H18N4O4.C18H14N4O4.C12H11N3O4.C12H9N3O3.C9H10ClNO.C6H8N2O3.C6H7NO2.C5H6N2O.CO2.ClH/c1-3-10-27-16-5-4-14(22-12-16)13-28-15-6-8-19-18(11-15)23-21(29-19)17-7-9-20(26)25(2)24-17;1-22-17(24)7-5-14(21-22)18-20-15-8-13(4-6-16(15)26-18)25-10-11-2-3-12(23)9-19-11;1-15-11(18)5-3-8(14-15)12(19)13-9-6-7(16)2-4-10(9)17;1-15-11(17)5-3-8(14-15)12-13-9-6-7(16)2-4-10(9)18-12;1-2-5-12-9-4-3-8(6-10)11-7-9;1-7-4(9)3-5(10)8(2)6(7)11;7-5-3-4(8)1-2-6(5)9;1-7-5(8)3-2-4-6-7;2-1-3;/h3-9,11-12H,1,10,13H2,2H3;2-9,23H,10H2,1H3;2-6,16-17H,1H3,(H,13,19);2-6,16H,1H3;2-4,7H,1,5-6H2;3H2,1-2H3;1-3,8-9H,7H2;2-4H,1H3;;1H. The number of nitrogens with one attached hydrogen (secondary N) is 1. The maximum atomic E-state index is 11.9. The van der Waals surface area contributed by atoms with Crippen molar-refractivity contribution in [3.8, 4) is 92.2 Å². The summed E-state index contributed by atoms with van der Waals surface area (Å²) in [4.78, 5) is 144. The van der Waals surface area contributed by atoms with Crippen molar-refractivity contribution >= 4 is 98.6 Å². The number of phenols is 5. The molecule has 702 valence electrons. The molecule has 5 aromatic carbocycles. The predicted molar refractivity (Wildman–Crippen MR) is 492 cm³/mol. The first-order chi connectivity index (χ1) is 64.6. The number of phenolic OH excluding ortho intramolecular Hbond substituents is 5. The van der Waals surface area contributed by atoms with Crippen molar-refractivity contribution < 1.29 is 91.6 Å². The number of urea groups is 1. The van der Waals surface area contributed by atoms with Gasteiger partial charge < -0.3 is 73.9 Å². The summed E-state index contributed by atoms with van der Waals surface area (Å²) in [5, 5.41) is 77.1. The average molecular weight is 1900 g/mol. The Hall–Kier alpha value is -18.3. The number of nitrogens with two attached hydrogens (primary N) is 1. The van der Waals surface area contributed by atoms with Crippen molar-refractivity contribution in [3.05, 3.63) is 313 Å². The van der Waals surface area contributed by atoms with Crippen LogP contribution in [0.4, 0.5) is 16.2 Å². The number of aromatic nitrogens is 16. The lowest BCUT2D eigenvalue weighted by Crippen LogP contribution is -2.51. The molecule has 0 radical (unpaired) electrons. The summed E-state index contributed by atoms with van der Waals surface area (Å²) in [6.07, 6.45) is 9.65. The quantitative estimate of drug-likeness (QED) is 0.00990. The third-order valence-corrected chi connectivity index (χ3v) is 17.9. The molecule has 11 aromatic heterocycles. The van der Waals surface area contributed by atoms with Crippen molar-refractivity contribution in [2.45, 2.75) is 25.5 Å². The van der Waals surface area contributed by atoms with Gasteiger partial charge >= 0.3 is 12.2 Å². The van der Waals surface area contributed by atoms with Crippen LogP contribution in [0, 0.1) is 0 Å². The number of halogens is 2. The molecule has 136 heavy (non-hydrogen) atoms. The number of oxazole rings is 3. The lowest BCUT2D eigenvalue weighted by atomic mass is 10.2. The van der Waals surface area contributed by atoms with E-state index < -0.39 is 23.8 Å². The number of aromatic hydroxyl groups is 6.